The summed E-state index contributed by atoms with van der Waals surface area (Å²) in [6.45, 7) is 3.23. The number of phenols is 1. The van der Waals surface area contributed by atoms with Crippen molar-refractivity contribution >= 4 is 11.8 Å². The molecule has 1 atom stereocenters. The van der Waals surface area contributed by atoms with Crippen molar-refractivity contribution in [2.75, 3.05) is 6.54 Å². The Labute approximate surface area is 172 Å². The average Bonchev–Trinajstić information content (AvgIpc) is 2.70. The van der Waals surface area contributed by atoms with E-state index in [9.17, 15) is 14.7 Å². The van der Waals surface area contributed by atoms with Gasteiger partial charge in [0.15, 0.2) is 0 Å². The van der Waals surface area contributed by atoms with Crippen LogP contribution < -0.4 is 0 Å². The first-order valence-corrected chi connectivity index (χ1v) is 10.3. The number of nitrogens with zero attached hydrogens (tertiary/aromatic N) is 1. The van der Waals surface area contributed by atoms with Crippen molar-refractivity contribution in [1.29, 1.82) is 0 Å². The summed E-state index contributed by atoms with van der Waals surface area (Å²) in [6.07, 6.45) is 5.19. The first-order chi connectivity index (χ1) is 13.9. The number of rotatable bonds is 9. The van der Waals surface area contributed by atoms with Crippen molar-refractivity contribution in [3.05, 3.63) is 64.7 Å². The van der Waals surface area contributed by atoms with E-state index in [-0.39, 0.29) is 5.78 Å². The minimum absolute atomic E-state index is 0.220. The first-order valence-electron chi connectivity index (χ1n) is 10.3. The van der Waals surface area contributed by atoms with E-state index in [0.717, 1.165) is 56.3 Å². The van der Waals surface area contributed by atoms with Crippen molar-refractivity contribution < 1.29 is 19.8 Å². The summed E-state index contributed by atoms with van der Waals surface area (Å²) in [6, 6.07) is 13.1. The Morgan fingerprint density at radius 2 is 1.86 bits per heavy atom. The second kappa shape index (κ2) is 9.70. The number of aryl methyl sites for hydroxylation is 1. The zero-order chi connectivity index (χ0) is 20.8. The molecule has 0 radical (unpaired) electrons. The number of aromatic hydroxyl groups is 1. The summed E-state index contributed by atoms with van der Waals surface area (Å²) in [7, 11) is 0. The number of hydrogen-bond donors (Lipinski definition) is 2. The number of benzene rings is 2. The smallest absolute Gasteiger partial charge is 0.335 e. The molecular formula is C24H29NO4. The van der Waals surface area contributed by atoms with Crippen LogP contribution in [-0.4, -0.2) is 39.5 Å². The van der Waals surface area contributed by atoms with Gasteiger partial charge in [-0.25, -0.2) is 4.79 Å². The topological polar surface area (TPSA) is 77.8 Å². The van der Waals surface area contributed by atoms with Crippen LogP contribution in [-0.2, 0) is 24.2 Å². The molecule has 3 rings (SSSR count). The quantitative estimate of drug-likeness (QED) is 0.622. The van der Waals surface area contributed by atoms with E-state index in [1.54, 1.807) is 25.1 Å². The largest absolute Gasteiger partial charge is 0.508 e. The van der Waals surface area contributed by atoms with Gasteiger partial charge in [0, 0.05) is 19.0 Å². The molecule has 0 saturated heterocycles. The van der Waals surface area contributed by atoms with Crippen LogP contribution in [0.5, 0.6) is 5.75 Å². The molecule has 0 bridgehead atoms. The number of fused-ring (bicyclic) bond motifs is 1. The molecule has 0 spiro atoms. The number of carboxylic acid groups (broad SMARTS) is 1. The molecule has 2 aromatic rings. The molecule has 0 aliphatic heterocycles. The SMILES string of the molecule is CC(=O)CCCCN(Cc1ccc(C(=O)O)cc1)C1CCc2cccc(O)c2C1. The third-order valence-corrected chi connectivity index (χ3v) is 5.76. The Bertz CT molecular complexity index is 860. The van der Waals surface area contributed by atoms with Gasteiger partial charge in [-0.1, -0.05) is 24.3 Å². The van der Waals surface area contributed by atoms with Gasteiger partial charge >= 0.3 is 5.97 Å². The van der Waals surface area contributed by atoms with Gasteiger partial charge < -0.3 is 15.0 Å². The lowest BCUT2D eigenvalue weighted by molar-refractivity contribution is -0.117. The van der Waals surface area contributed by atoms with Gasteiger partial charge in [0.05, 0.1) is 5.56 Å². The predicted octanol–water partition coefficient (Wildman–Crippen LogP) is 4.21. The minimum Gasteiger partial charge on any atom is -0.508 e. The predicted molar refractivity (Wildman–Crippen MR) is 112 cm³/mol. The number of ketones is 1. The molecule has 0 heterocycles. The lowest BCUT2D eigenvalue weighted by Gasteiger charge is -2.35. The highest BCUT2D eigenvalue weighted by molar-refractivity contribution is 5.87. The number of Topliss-reactive ketones (excluding diaryl/α,β-unsaturated/α-hetero) is 1. The van der Waals surface area contributed by atoms with Crippen LogP contribution in [0, 0.1) is 0 Å². The van der Waals surface area contributed by atoms with Crippen LogP contribution in [0.1, 0.15) is 59.7 Å². The first kappa shape index (κ1) is 21.1. The molecule has 0 saturated carbocycles. The third kappa shape index (κ3) is 5.67. The average molecular weight is 395 g/mol. The summed E-state index contributed by atoms with van der Waals surface area (Å²) < 4.78 is 0. The highest BCUT2D eigenvalue weighted by Gasteiger charge is 2.26. The molecule has 29 heavy (non-hydrogen) atoms. The number of phenolic OH excluding ortho intramolecular Hbond substituents is 1. The van der Waals surface area contributed by atoms with E-state index in [1.807, 2.05) is 18.2 Å². The lowest BCUT2D eigenvalue weighted by atomic mass is 9.86. The Morgan fingerprint density at radius 3 is 2.55 bits per heavy atom. The summed E-state index contributed by atoms with van der Waals surface area (Å²) >= 11 is 0. The van der Waals surface area contributed by atoms with Crippen molar-refractivity contribution in [1.82, 2.24) is 4.90 Å². The molecule has 154 valence electrons. The van der Waals surface area contributed by atoms with E-state index < -0.39 is 5.97 Å². The maximum Gasteiger partial charge on any atom is 0.335 e. The second-order valence-electron chi connectivity index (χ2n) is 7.94. The molecule has 0 aromatic heterocycles. The zero-order valence-corrected chi connectivity index (χ0v) is 16.9. The molecule has 2 N–H and O–H groups in total. The molecule has 0 fully saturated rings. The Kier molecular flexibility index (Phi) is 7.04. The molecule has 1 aliphatic carbocycles. The maximum absolute atomic E-state index is 11.3. The fourth-order valence-electron chi connectivity index (χ4n) is 4.13. The van der Waals surface area contributed by atoms with E-state index in [1.165, 1.54) is 5.56 Å². The number of carboxylic acids is 1. The van der Waals surface area contributed by atoms with Gasteiger partial charge in [0.2, 0.25) is 0 Å². The Balaban J connectivity index is 1.73. The normalized spacial score (nSPS) is 15.9. The molecule has 1 unspecified atom stereocenters. The van der Waals surface area contributed by atoms with Crippen molar-refractivity contribution in [3.8, 4) is 5.75 Å². The van der Waals surface area contributed by atoms with E-state index >= 15 is 0 Å². The number of carbonyl (C=O) groups excluding carboxylic acids is 1. The highest BCUT2D eigenvalue weighted by atomic mass is 16.4. The van der Waals surface area contributed by atoms with Gasteiger partial charge in [-0.05, 0) is 80.5 Å². The fourth-order valence-corrected chi connectivity index (χ4v) is 4.13. The van der Waals surface area contributed by atoms with Crippen molar-refractivity contribution in [3.63, 3.8) is 0 Å². The summed E-state index contributed by atoms with van der Waals surface area (Å²) in [4.78, 5) is 24.8. The van der Waals surface area contributed by atoms with E-state index in [4.69, 9.17) is 5.11 Å². The molecule has 0 amide bonds. The van der Waals surface area contributed by atoms with Gasteiger partial charge in [-0.3, -0.25) is 4.90 Å². The highest BCUT2D eigenvalue weighted by Crippen LogP contribution is 2.31. The van der Waals surface area contributed by atoms with Crippen LogP contribution >= 0.6 is 0 Å². The molecular weight excluding hydrogens is 366 g/mol. The van der Waals surface area contributed by atoms with Crippen molar-refractivity contribution in [2.45, 2.75) is 58.0 Å². The third-order valence-electron chi connectivity index (χ3n) is 5.76. The minimum atomic E-state index is -0.919. The van der Waals surface area contributed by atoms with Crippen LogP contribution in [0.4, 0.5) is 0 Å². The maximum atomic E-state index is 11.3. The molecule has 1 aliphatic rings. The number of hydrogen-bond acceptors (Lipinski definition) is 4. The van der Waals surface area contributed by atoms with E-state index in [0.29, 0.717) is 23.8 Å². The molecule has 5 nitrogen and oxygen atoms in total. The van der Waals surface area contributed by atoms with Gasteiger partial charge in [-0.15, -0.1) is 0 Å². The Morgan fingerprint density at radius 1 is 1.10 bits per heavy atom. The fraction of sp³-hybridized carbons (Fsp3) is 0.417. The monoisotopic (exact) mass is 395 g/mol. The van der Waals surface area contributed by atoms with Gasteiger partial charge in [0.25, 0.3) is 0 Å². The molecule has 5 heteroatoms. The summed E-state index contributed by atoms with van der Waals surface area (Å²) in [5.41, 5.74) is 3.63. The van der Waals surface area contributed by atoms with Crippen LogP contribution in [0.3, 0.4) is 0 Å². The van der Waals surface area contributed by atoms with Gasteiger partial charge in [0.1, 0.15) is 11.5 Å². The van der Waals surface area contributed by atoms with Crippen LogP contribution in [0.15, 0.2) is 42.5 Å². The standard InChI is InChI=1S/C24H29NO4/c1-17(26)5-2-3-14-25(16-18-8-10-20(11-9-18)24(28)29)21-13-12-19-6-4-7-23(27)22(19)15-21/h4,6-11,21,27H,2-3,5,12-16H2,1H3,(H,28,29). The summed E-state index contributed by atoms with van der Waals surface area (Å²) in [5, 5.41) is 19.4. The van der Waals surface area contributed by atoms with Crippen LogP contribution in [0.25, 0.3) is 0 Å². The summed E-state index contributed by atoms with van der Waals surface area (Å²) in [5.74, 6) is -0.330. The second-order valence-corrected chi connectivity index (χ2v) is 7.94. The van der Waals surface area contributed by atoms with Crippen LogP contribution in [0.2, 0.25) is 0 Å². The number of carbonyl (C=O) groups is 2. The number of unbranched alkanes of at least 4 members (excludes halogenated alkanes) is 1. The Hall–Kier alpha value is -2.66. The van der Waals surface area contributed by atoms with E-state index in [2.05, 4.69) is 11.0 Å². The number of aromatic carboxylic acids is 1. The molecule has 2 aromatic carbocycles. The van der Waals surface area contributed by atoms with Gasteiger partial charge in [-0.2, -0.15) is 0 Å². The van der Waals surface area contributed by atoms with Crippen molar-refractivity contribution in [2.24, 2.45) is 0 Å². The lowest BCUT2D eigenvalue weighted by Crippen LogP contribution is -2.39. The zero-order valence-electron chi connectivity index (χ0n) is 16.9.